The van der Waals surface area contributed by atoms with Crippen molar-refractivity contribution in [1.82, 2.24) is 15.3 Å². The van der Waals surface area contributed by atoms with Crippen LogP contribution < -0.4 is 15.1 Å². The van der Waals surface area contributed by atoms with Crippen molar-refractivity contribution in [2.45, 2.75) is 51.6 Å². The van der Waals surface area contributed by atoms with E-state index in [2.05, 4.69) is 34.0 Å². The van der Waals surface area contributed by atoms with Gasteiger partial charge in [0.05, 0.1) is 26.2 Å². The molecule has 3 atom stereocenters. The van der Waals surface area contributed by atoms with E-state index in [9.17, 15) is 4.79 Å². The van der Waals surface area contributed by atoms with Gasteiger partial charge in [-0.3, -0.25) is 4.79 Å². The quantitative estimate of drug-likeness (QED) is 0.831. The van der Waals surface area contributed by atoms with Gasteiger partial charge < -0.3 is 15.1 Å². The van der Waals surface area contributed by atoms with Crippen LogP contribution in [0.25, 0.3) is 0 Å². The molecule has 1 aromatic heterocycles. The minimum atomic E-state index is 0.0120. The van der Waals surface area contributed by atoms with Gasteiger partial charge in [-0.25, -0.2) is 9.97 Å². The number of nitrogens with one attached hydrogen (secondary N) is 2. The zero-order valence-electron chi connectivity index (χ0n) is 14.9. The van der Waals surface area contributed by atoms with E-state index < -0.39 is 0 Å². The minimum Gasteiger partial charge on any atom is -0.348 e. The molecule has 6 nitrogen and oxygen atoms in total. The molecule has 0 radical (unpaired) electrons. The second kappa shape index (κ2) is 7.92. The van der Waals surface area contributed by atoms with Gasteiger partial charge in [0.15, 0.2) is 6.04 Å². The van der Waals surface area contributed by atoms with Crippen molar-refractivity contribution in [2.75, 3.05) is 31.1 Å². The molecule has 1 saturated heterocycles. The molecule has 1 amide bonds. The van der Waals surface area contributed by atoms with Crippen molar-refractivity contribution in [2.24, 2.45) is 5.92 Å². The largest absolute Gasteiger partial charge is 0.348 e. The van der Waals surface area contributed by atoms with Crippen molar-refractivity contribution < 1.29 is 9.69 Å². The Morgan fingerprint density at radius 2 is 1.92 bits per heavy atom. The Bertz CT molecular complexity index is 529. The van der Waals surface area contributed by atoms with Gasteiger partial charge in [0.2, 0.25) is 5.95 Å². The van der Waals surface area contributed by atoms with Crippen LogP contribution in [0, 0.1) is 5.92 Å². The second-order valence-electron chi connectivity index (χ2n) is 7.29. The fourth-order valence-corrected chi connectivity index (χ4v) is 3.91. The molecule has 2 fully saturated rings. The van der Waals surface area contributed by atoms with Crippen LogP contribution in [-0.2, 0) is 4.79 Å². The Balaban J connectivity index is 1.49. The number of nitrogens with zero attached hydrogens (tertiary/aromatic N) is 3. The number of rotatable bonds is 4. The summed E-state index contributed by atoms with van der Waals surface area (Å²) in [5, 5.41) is 3.31. The molecule has 1 aliphatic heterocycles. The van der Waals surface area contributed by atoms with E-state index in [4.69, 9.17) is 0 Å². The van der Waals surface area contributed by atoms with E-state index in [0.717, 1.165) is 38.5 Å². The first-order valence-electron chi connectivity index (χ1n) is 9.32. The van der Waals surface area contributed by atoms with E-state index in [1.165, 1.54) is 24.2 Å². The van der Waals surface area contributed by atoms with Gasteiger partial charge in [-0.15, -0.1) is 0 Å². The summed E-state index contributed by atoms with van der Waals surface area (Å²) in [5.74, 6) is 1.62. The van der Waals surface area contributed by atoms with Crippen LogP contribution in [0.2, 0.25) is 0 Å². The van der Waals surface area contributed by atoms with Gasteiger partial charge >= 0.3 is 0 Å². The maximum Gasteiger partial charge on any atom is 0.278 e. The number of carbonyl (C=O) groups excluding carboxylic acids is 1. The van der Waals surface area contributed by atoms with Crippen molar-refractivity contribution in [3.05, 3.63) is 18.5 Å². The SMILES string of the molecule is C[C@@H]1CCCC[C@H]1NC(=O)[C@@H](C)[NH+]1CCN(c2ncccn2)CC1. The third-order valence-electron chi connectivity index (χ3n) is 5.69. The zero-order chi connectivity index (χ0) is 16.9. The molecule has 1 saturated carbocycles. The van der Waals surface area contributed by atoms with Gasteiger partial charge in [0.1, 0.15) is 0 Å². The molecule has 1 aromatic rings. The number of piperazine rings is 1. The van der Waals surface area contributed by atoms with E-state index >= 15 is 0 Å². The number of hydrogen-bond donors (Lipinski definition) is 2. The lowest BCUT2D eigenvalue weighted by Gasteiger charge is -2.36. The molecule has 24 heavy (non-hydrogen) atoms. The third kappa shape index (κ3) is 4.04. The normalized spacial score (nSPS) is 26.8. The molecular formula is C18H30N5O+. The Morgan fingerprint density at radius 3 is 2.58 bits per heavy atom. The molecule has 132 valence electrons. The highest BCUT2D eigenvalue weighted by molar-refractivity contribution is 5.80. The van der Waals surface area contributed by atoms with Crippen LogP contribution in [0.5, 0.6) is 0 Å². The first kappa shape index (κ1) is 17.1. The van der Waals surface area contributed by atoms with Crippen molar-refractivity contribution in [3.8, 4) is 0 Å². The van der Waals surface area contributed by atoms with Crippen LogP contribution in [-0.4, -0.2) is 54.1 Å². The number of anilines is 1. The summed E-state index contributed by atoms with van der Waals surface area (Å²) in [6, 6.07) is 2.22. The van der Waals surface area contributed by atoms with Crippen molar-refractivity contribution in [1.29, 1.82) is 0 Å². The highest BCUT2D eigenvalue weighted by atomic mass is 16.2. The van der Waals surface area contributed by atoms with E-state index in [0.29, 0.717) is 12.0 Å². The highest BCUT2D eigenvalue weighted by Gasteiger charge is 2.32. The predicted octanol–water partition coefficient (Wildman–Crippen LogP) is 0.265. The Kier molecular flexibility index (Phi) is 5.66. The van der Waals surface area contributed by atoms with Gasteiger partial charge in [0, 0.05) is 18.4 Å². The number of carbonyl (C=O) groups is 1. The number of aromatic nitrogens is 2. The maximum absolute atomic E-state index is 12.6. The summed E-state index contributed by atoms with van der Waals surface area (Å²) in [5.41, 5.74) is 0. The summed E-state index contributed by atoms with van der Waals surface area (Å²) in [6.07, 6.45) is 8.48. The fourth-order valence-electron chi connectivity index (χ4n) is 3.91. The Hall–Kier alpha value is -1.69. The third-order valence-corrected chi connectivity index (χ3v) is 5.69. The molecule has 6 heteroatoms. The second-order valence-corrected chi connectivity index (χ2v) is 7.29. The molecule has 0 unspecified atom stereocenters. The van der Waals surface area contributed by atoms with Crippen LogP contribution in [0.3, 0.4) is 0 Å². The van der Waals surface area contributed by atoms with Gasteiger partial charge in [-0.1, -0.05) is 19.8 Å². The molecule has 0 aromatic carbocycles. The summed E-state index contributed by atoms with van der Waals surface area (Å²) in [7, 11) is 0. The van der Waals surface area contributed by atoms with Crippen LogP contribution in [0.4, 0.5) is 5.95 Å². The molecule has 2 heterocycles. The smallest absolute Gasteiger partial charge is 0.278 e. The van der Waals surface area contributed by atoms with Crippen LogP contribution in [0.15, 0.2) is 18.5 Å². The molecule has 0 spiro atoms. The summed E-state index contributed by atoms with van der Waals surface area (Å²) >= 11 is 0. The lowest BCUT2D eigenvalue weighted by atomic mass is 9.86. The van der Waals surface area contributed by atoms with Crippen LogP contribution in [0.1, 0.15) is 39.5 Å². The lowest BCUT2D eigenvalue weighted by molar-refractivity contribution is -0.914. The Labute approximate surface area is 144 Å². The number of amides is 1. The summed E-state index contributed by atoms with van der Waals surface area (Å²) in [4.78, 5) is 24.8. The zero-order valence-corrected chi connectivity index (χ0v) is 14.9. The predicted molar refractivity (Wildman–Crippen MR) is 94.0 cm³/mol. The molecule has 2 aliphatic rings. The summed E-state index contributed by atoms with van der Waals surface area (Å²) < 4.78 is 0. The van der Waals surface area contributed by atoms with Gasteiger partial charge in [-0.05, 0) is 31.7 Å². The summed E-state index contributed by atoms with van der Waals surface area (Å²) in [6.45, 7) is 8.03. The average molecular weight is 332 g/mol. The van der Waals surface area contributed by atoms with Crippen molar-refractivity contribution in [3.63, 3.8) is 0 Å². The van der Waals surface area contributed by atoms with Crippen LogP contribution >= 0.6 is 0 Å². The minimum absolute atomic E-state index is 0.0120. The number of hydrogen-bond acceptors (Lipinski definition) is 4. The highest BCUT2D eigenvalue weighted by Crippen LogP contribution is 2.23. The van der Waals surface area contributed by atoms with E-state index in [1.54, 1.807) is 12.4 Å². The van der Waals surface area contributed by atoms with E-state index in [-0.39, 0.29) is 11.9 Å². The topological polar surface area (TPSA) is 62.6 Å². The monoisotopic (exact) mass is 332 g/mol. The maximum atomic E-state index is 12.6. The lowest BCUT2D eigenvalue weighted by Crippen LogP contribution is -3.19. The molecule has 2 N–H and O–H groups in total. The molecule has 3 rings (SSSR count). The molecular weight excluding hydrogens is 302 g/mol. The number of quaternary nitrogens is 1. The first-order chi connectivity index (χ1) is 11.6. The fraction of sp³-hybridized carbons (Fsp3) is 0.722. The molecule has 0 bridgehead atoms. The van der Waals surface area contributed by atoms with E-state index in [1.807, 2.05) is 6.07 Å². The van der Waals surface area contributed by atoms with Crippen molar-refractivity contribution >= 4 is 11.9 Å². The average Bonchev–Trinajstić information content (AvgIpc) is 2.64. The van der Waals surface area contributed by atoms with Gasteiger partial charge in [0.25, 0.3) is 5.91 Å². The first-order valence-corrected chi connectivity index (χ1v) is 9.32. The van der Waals surface area contributed by atoms with Gasteiger partial charge in [-0.2, -0.15) is 0 Å². The standard InChI is InChI=1S/C18H29N5O/c1-14-6-3-4-7-16(14)21-17(24)15(2)22-10-12-23(13-11-22)18-19-8-5-9-20-18/h5,8-9,14-16H,3-4,6-7,10-13H2,1-2H3,(H,21,24)/p+1/t14-,15-,16-/m1/s1. The Morgan fingerprint density at radius 1 is 1.25 bits per heavy atom. The molecule has 1 aliphatic carbocycles.